The molecule has 6 heteroatoms. The second-order valence-corrected chi connectivity index (χ2v) is 6.00. The van der Waals surface area contributed by atoms with Crippen LogP contribution in [0.3, 0.4) is 0 Å². The molecule has 6 nitrogen and oxygen atoms in total. The second-order valence-electron chi connectivity index (χ2n) is 6.00. The van der Waals surface area contributed by atoms with Crippen LogP contribution in [0.15, 0.2) is 30.6 Å². The van der Waals surface area contributed by atoms with E-state index in [9.17, 15) is 5.11 Å². The Labute approximate surface area is 136 Å². The fraction of sp³-hybridized carbons (Fsp3) is 0.471. The molecule has 3 N–H and O–H groups in total. The molecule has 0 aliphatic heterocycles. The number of pyridine rings is 1. The van der Waals surface area contributed by atoms with Crippen molar-refractivity contribution in [2.24, 2.45) is 0 Å². The standard InChI is InChI=1S/C17H23N5O/c1-12-21-16(13-8-15(23)9-13)10-17(22-12)20-7-3-6-19-14-4-2-5-18-11-14/h2,4-5,10-11,13,15,19,23H,3,6-9H2,1H3,(H,20,21,22). The highest BCUT2D eigenvalue weighted by atomic mass is 16.3. The van der Waals surface area contributed by atoms with E-state index in [1.165, 1.54) is 0 Å². The van der Waals surface area contributed by atoms with Gasteiger partial charge in [0.1, 0.15) is 11.6 Å². The van der Waals surface area contributed by atoms with Crippen molar-refractivity contribution in [1.82, 2.24) is 15.0 Å². The van der Waals surface area contributed by atoms with Crippen LogP contribution in [0.1, 0.15) is 36.7 Å². The van der Waals surface area contributed by atoms with E-state index in [1.54, 1.807) is 6.20 Å². The van der Waals surface area contributed by atoms with E-state index >= 15 is 0 Å². The molecule has 3 rings (SSSR count). The molecule has 0 spiro atoms. The van der Waals surface area contributed by atoms with Crippen LogP contribution in [0.2, 0.25) is 0 Å². The van der Waals surface area contributed by atoms with Gasteiger partial charge in [-0.2, -0.15) is 0 Å². The number of nitrogens with zero attached hydrogens (tertiary/aromatic N) is 3. The normalized spacial score (nSPS) is 19.9. The van der Waals surface area contributed by atoms with E-state index in [4.69, 9.17) is 0 Å². The Hall–Kier alpha value is -2.21. The van der Waals surface area contributed by atoms with Gasteiger partial charge in [-0.05, 0) is 38.3 Å². The number of aliphatic hydroxyl groups is 1. The van der Waals surface area contributed by atoms with Crippen molar-refractivity contribution in [3.63, 3.8) is 0 Å². The van der Waals surface area contributed by atoms with Gasteiger partial charge in [-0.1, -0.05) is 0 Å². The van der Waals surface area contributed by atoms with Crippen molar-refractivity contribution in [3.05, 3.63) is 42.1 Å². The fourth-order valence-corrected chi connectivity index (χ4v) is 2.72. The SMILES string of the molecule is Cc1nc(NCCCNc2cccnc2)cc(C2CC(O)C2)n1. The second kappa shape index (κ2) is 7.37. The summed E-state index contributed by atoms with van der Waals surface area (Å²) in [6.07, 6.45) is 6.03. The highest BCUT2D eigenvalue weighted by molar-refractivity contribution is 5.40. The monoisotopic (exact) mass is 313 g/mol. The molecule has 1 saturated carbocycles. The van der Waals surface area contributed by atoms with Crippen LogP contribution in [-0.4, -0.2) is 39.3 Å². The topological polar surface area (TPSA) is 83.0 Å². The van der Waals surface area contributed by atoms with Gasteiger partial charge >= 0.3 is 0 Å². The lowest BCUT2D eigenvalue weighted by molar-refractivity contribution is 0.0731. The molecule has 1 fully saturated rings. The smallest absolute Gasteiger partial charge is 0.129 e. The van der Waals surface area contributed by atoms with Gasteiger partial charge in [0, 0.05) is 43.2 Å². The van der Waals surface area contributed by atoms with Crippen LogP contribution >= 0.6 is 0 Å². The molecular formula is C17H23N5O. The number of aromatic nitrogens is 3. The molecular weight excluding hydrogens is 290 g/mol. The Bertz CT molecular complexity index is 628. The Morgan fingerprint density at radius 1 is 1.22 bits per heavy atom. The molecule has 0 bridgehead atoms. The van der Waals surface area contributed by atoms with Gasteiger partial charge < -0.3 is 15.7 Å². The third-order valence-electron chi connectivity index (χ3n) is 4.04. The summed E-state index contributed by atoms with van der Waals surface area (Å²) in [7, 11) is 0. The molecule has 23 heavy (non-hydrogen) atoms. The van der Waals surface area contributed by atoms with Gasteiger partial charge in [-0.15, -0.1) is 0 Å². The maximum atomic E-state index is 9.44. The molecule has 0 unspecified atom stereocenters. The number of anilines is 2. The number of hydrogen-bond donors (Lipinski definition) is 3. The fourth-order valence-electron chi connectivity index (χ4n) is 2.72. The average Bonchev–Trinajstić information content (AvgIpc) is 2.52. The minimum absolute atomic E-state index is 0.162. The summed E-state index contributed by atoms with van der Waals surface area (Å²) in [4.78, 5) is 13.0. The lowest BCUT2D eigenvalue weighted by atomic mass is 9.80. The van der Waals surface area contributed by atoms with Gasteiger partial charge in [-0.25, -0.2) is 9.97 Å². The first-order valence-corrected chi connectivity index (χ1v) is 8.12. The largest absolute Gasteiger partial charge is 0.393 e. The molecule has 1 aliphatic carbocycles. The number of hydrogen-bond acceptors (Lipinski definition) is 6. The zero-order valence-electron chi connectivity index (χ0n) is 13.4. The van der Waals surface area contributed by atoms with E-state index in [0.29, 0.717) is 5.92 Å². The number of aryl methyl sites for hydroxylation is 1. The van der Waals surface area contributed by atoms with Crippen LogP contribution in [0.4, 0.5) is 11.5 Å². The molecule has 2 aromatic rings. The molecule has 0 amide bonds. The third kappa shape index (κ3) is 4.39. The maximum Gasteiger partial charge on any atom is 0.129 e. The first kappa shape index (κ1) is 15.7. The molecule has 1 aliphatic rings. The van der Waals surface area contributed by atoms with Gasteiger partial charge in [0.05, 0.1) is 11.8 Å². The highest BCUT2D eigenvalue weighted by Crippen LogP contribution is 2.36. The van der Waals surface area contributed by atoms with Crippen LogP contribution < -0.4 is 10.6 Å². The van der Waals surface area contributed by atoms with Crippen molar-refractivity contribution in [2.75, 3.05) is 23.7 Å². The summed E-state index contributed by atoms with van der Waals surface area (Å²) in [5.41, 5.74) is 2.08. The van der Waals surface area contributed by atoms with E-state index in [1.807, 2.05) is 31.3 Å². The van der Waals surface area contributed by atoms with Crippen LogP contribution in [0.5, 0.6) is 0 Å². The third-order valence-corrected chi connectivity index (χ3v) is 4.04. The van der Waals surface area contributed by atoms with Gasteiger partial charge in [0.25, 0.3) is 0 Å². The van der Waals surface area contributed by atoms with E-state index in [-0.39, 0.29) is 6.10 Å². The number of rotatable bonds is 7. The maximum absolute atomic E-state index is 9.44. The highest BCUT2D eigenvalue weighted by Gasteiger charge is 2.30. The summed E-state index contributed by atoms with van der Waals surface area (Å²) in [6, 6.07) is 5.94. The van der Waals surface area contributed by atoms with Crippen molar-refractivity contribution < 1.29 is 5.11 Å². The van der Waals surface area contributed by atoms with Crippen molar-refractivity contribution in [1.29, 1.82) is 0 Å². The summed E-state index contributed by atoms with van der Waals surface area (Å²) < 4.78 is 0. The van der Waals surface area contributed by atoms with Gasteiger partial charge in [-0.3, -0.25) is 4.98 Å². The average molecular weight is 313 g/mol. The van der Waals surface area contributed by atoms with Crippen LogP contribution in [-0.2, 0) is 0 Å². The Balaban J connectivity index is 1.44. The molecule has 0 saturated heterocycles. The molecule has 122 valence electrons. The van der Waals surface area contributed by atoms with E-state index in [0.717, 1.165) is 55.4 Å². The van der Waals surface area contributed by atoms with Gasteiger partial charge in [0.2, 0.25) is 0 Å². The molecule has 2 aromatic heterocycles. The zero-order valence-corrected chi connectivity index (χ0v) is 13.4. The van der Waals surface area contributed by atoms with E-state index < -0.39 is 0 Å². The Morgan fingerprint density at radius 3 is 2.78 bits per heavy atom. The first-order chi connectivity index (χ1) is 11.2. The minimum atomic E-state index is -0.162. The lowest BCUT2D eigenvalue weighted by Crippen LogP contribution is -2.27. The van der Waals surface area contributed by atoms with E-state index in [2.05, 4.69) is 25.6 Å². The molecule has 0 radical (unpaired) electrons. The zero-order chi connectivity index (χ0) is 16.1. The summed E-state index contributed by atoms with van der Waals surface area (Å²) in [6.45, 7) is 3.63. The lowest BCUT2D eigenvalue weighted by Gasteiger charge is -2.31. The summed E-state index contributed by atoms with van der Waals surface area (Å²) >= 11 is 0. The number of aliphatic hydroxyl groups excluding tert-OH is 1. The van der Waals surface area contributed by atoms with Crippen molar-refractivity contribution in [2.45, 2.75) is 38.2 Å². The Morgan fingerprint density at radius 2 is 2.04 bits per heavy atom. The van der Waals surface area contributed by atoms with Crippen LogP contribution in [0.25, 0.3) is 0 Å². The van der Waals surface area contributed by atoms with Crippen molar-refractivity contribution >= 4 is 11.5 Å². The molecule has 2 heterocycles. The minimum Gasteiger partial charge on any atom is -0.393 e. The van der Waals surface area contributed by atoms with Crippen molar-refractivity contribution in [3.8, 4) is 0 Å². The summed E-state index contributed by atoms with van der Waals surface area (Å²) in [5, 5.41) is 16.1. The quantitative estimate of drug-likeness (QED) is 0.681. The predicted octanol–water partition coefficient (Wildman–Crippen LogP) is 2.33. The molecule has 0 aromatic carbocycles. The first-order valence-electron chi connectivity index (χ1n) is 8.12. The summed E-state index contributed by atoms with van der Waals surface area (Å²) in [5.74, 6) is 2.02. The number of nitrogens with one attached hydrogen (secondary N) is 2. The molecule has 0 atom stereocenters. The van der Waals surface area contributed by atoms with Crippen LogP contribution in [0, 0.1) is 6.92 Å². The van der Waals surface area contributed by atoms with Gasteiger partial charge in [0.15, 0.2) is 0 Å². The Kier molecular flexibility index (Phi) is 5.02. The predicted molar refractivity (Wildman–Crippen MR) is 90.6 cm³/mol.